The van der Waals surface area contributed by atoms with Gasteiger partial charge in [-0.05, 0) is 13.8 Å². The zero-order valence-corrected chi connectivity index (χ0v) is 7.35. The van der Waals surface area contributed by atoms with Crippen LogP contribution in [0.5, 0.6) is 0 Å². The predicted octanol–water partition coefficient (Wildman–Crippen LogP) is 1.06. The summed E-state index contributed by atoms with van der Waals surface area (Å²) in [5, 5.41) is 9.01. The van der Waals surface area contributed by atoms with Gasteiger partial charge >= 0.3 is 0 Å². The van der Waals surface area contributed by atoms with E-state index in [0.717, 1.165) is 0 Å². The van der Waals surface area contributed by atoms with Gasteiger partial charge in [-0.15, -0.1) is 0 Å². The van der Waals surface area contributed by atoms with Crippen LogP contribution in [0.25, 0.3) is 0 Å². The van der Waals surface area contributed by atoms with Crippen molar-refractivity contribution in [3.05, 3.63) is 0 Å². The molecule has 10 heavy (non-hydrogen) atoms. The summed E-state index contributed by atoms with van der Waals surface area (Å²) in [6.45, 7) is 7.83. The number of rotatable bonds is 3. The van der Waals surface area contributed by atoms with E-state index in [1.807, 2.05) is 13.8 Å². The monoisotopic (exact) mass is 149 g/mol. The predicted molar refractivity (Wildman–Crippen MR) is 42.4 cm³/mol. The summed E-state index contributed by atoms with van der Waals surface area (Å²) in [6.07, 6.45) is 0.573. The van der Waals surface area contributed by atoms with Gasteiger partial charge in [0.2, 0.25) is 0 Å². The molecule has 3 nitrogen and oxygen atoms in total. The van der Waals surface area contributed by atoms with Crippen molar-refractivity contribution in [3.8, 4) is 0 Å². The molecular formula is C7H19NO2. The molecule has 0 aromatic carbocycles. The van der Waals surface area contributed by atoms with Crippen LogP contribution in [0.1, 0.15) is 34.1 Å². The Morgan fingerprint density at radius 1 is 1.40 bits per heavy atom. The van der Waals surface area contributed by atoms with Crippen molar-refractivity contribution in [2.24, 2.45) is 5.90 Å². The van der Waals surface area contributed by atoms with Gasteiger partial charge in [0.15, 0.2) is 0 Å². The van der Waals surface area contributed by atoms with E-state index in [-0.39, 0.29) is 0 Å². The SMILES string of the molecule is CC.CC(C)(O)CCON. The average Bonchev–Trinajstić information content (AvgIpc) is 1.87. The van der Waals surface area contributed by atoms with Crippen molar-refractivity contribution < 1.29 is 9.94 Å². The standard InChI is InChI=1S/C5H13NO2.C2H6/c1-5(2,7)3-4-8-6;1-2/h7H,3-4,6H2,1-2H3;1-2H3. The van der Waals surface area contributed by atoms with Gasteiger partial charge in [-0.2, -0.15) is 0 Å². The summed E-state index contributed by atoms with van der Waals surface area (Å²) in [5.74, 6) is 4.72. The first-order chi connectivity index (χ1) is 4.56. The Morgan fingerprint density at radius 2 is 1.80 bits per heavy atom. The second-order valence-electron chi connectivity index (χ2n) is 2.43. The van der Waals surface area contributed by atoms with Gasteiger partial charge in [0.05, 0.1) is 12.2 Å². The Bertz CT molecular complexity index is 59.1. The highest BCUT2D eigenvalue weighted by Gasteiger charge is 2.10. The molecule has 0 aliphatic carbocycles. The topological polar surface area (TPSA) is 55.5 Å². The highest BCUT2D eigenvalue weighted by molar-refractivity contribution is 4.62. The first-order valence-electron chi connectivity index (χ1n) is 3.60. The Hall–Kier alpha value is -0.120. The molecule has 0 radical (unpaired) electrons. The van der Waals surface area contributed by atoms with Gasteiger partial charge in [-0.3, -0.25) is 0 Å². The average molecular weight is 149 g/mol. The van der Waals surface area contributed by atoms with Crippen molar-refractivity contribution >= 4 is 0 Å². The maximum atomic E-state index is 9.01. The van der Waals surface area contributed by atoms with E-state index >= 15 is 0 Å². The third kappa shape index (κ3) is 15.7. The molecular weight excluding hydrogens is 130 g/mol. The lowest BCUT2D eigenvalue weighted by molar-refractivity contribution is 0.0281. The molecule has 0 aromatic heterocycles. The van der Waals surface area contributed by atoms with Gasteiger partial charge in [-0.25, -0.2) is 5.90 Å². The first-order valence-corrected chi connectivity index (χ1v) is 3.60. The molecule has 0 saturated carbocycles. The van der Waals surface area contributed by atoms with Crippen LogP contribution >= 0.6 is 0 Å². The summed E-state index contributed by atoms with van der Waals surface area (Å²) in [7, 11) is 0. The molecule has 0 aliphatic rings. The van der Waals surface area contributed by atoms with Crippen LogP contribution in [0.2, 0.25) is 0 Å². The Labute approximate surface area is 63.1 Å². The lowest BCUT2D eigenvalue weighted by Crippen LogP contribution is -2.21. The van der Waals surface area contributed by atoms with E-state index in [2.05, 4.69) is 4.84 Å². The van der Waals surface area contributed by atoms with Crippen molar-refractivity contribution in [1.82, 2.24) is 0 Å². The fourth-order valence-electron chi connectivity index (χ4n) is 0.309. The largest absolute Gasteiger partial charge is 0.390 e. The summed E-state index contributed by atoms with van der Waals surface area (Å²) in [4.78, 5) is 4.26. The number of aliphatic hydroxyl groups is 1. The molecule has 0 unspecified atom stereocenters. The molecule has 0 rings (SSSR count). The van der Waals surface area contributed by atoms with Crippen molar-refractivity contribution in [3.63, 3.8) is 0 Å². The number of nitrogens with two attached hydrogens (primary N) is 1. The minimum atomic E-state index is -0.653. The molecule has 0 heterocycles. The summed E-state index contributed by atoms with van der Waals surface area (Å²) in [5.41, 5.74) is -0.653. The van der Waals surface area contributed by atoms with Crippen LogP contribution < -0.4 is 5.90 Å². The van der Waals surface area contributed by atoms with Crippen LogP contribution in [0, 0.1) is 0 Å². The second kappa shape index (κ2) is 6.99. The van der Waals surface area contributed by atoms with Crippen molar-refractivity contribution in [2.45, 2.75) is 39.7 Å². The first kappa shape index (κ1) is 12.5. The third-order valence-electron chi connectivity index (χ3n) is 0.832. The summed E-state index contributed by atoms with van der Waals surface area (Å²) < 4.78 is 0. The van der Waals surface area contributed by atoms with Gasteiger partial charge in [0, 0.05) is 6.42 Å². The molecule has 0 saturated heterocycles. The molecule has 0 amide bonds. The maximum Gasteiger partial charge on any atom is 0.0706 e. The summed E-state index contributed by atoms with van der Waals surface area (Å²) >= 11 is 0. The van der Waals surface area contributed by atoms with E-state index in [1.165, 1.54) is 0 Å². The van der Waals surface area contributed by atoms with E-state index < -0.39 is 5.60 Å². The van der Waals surface area contributed by atoms with Gasteiger partial charge in [-0.1, -0.05) is 13.8 Å². The van der Waals surface area contributed by atoms with Gasteiger partial charge < -0.3 is 9.94 Å². The van der Waals surface area contributed by atoms with Crippen LogP contribution in [0.15, 0.2) is 0 Å². The molecule has 0 spiro atoms. The fraction of sp³-hybridized carbons (Fsp3) is 1.00. The maximum absolute atomic E-state index is 9.01. The molecule has 3 heteroatoms. The van der Waals surface area contributed by atoms with Gasteiger partial charge in [0.1, 0.15) is 0 Å². The van der Waals surface area contributed by atoms with E-state index in [1.54, 1.807) is 13.8 Å². The number of hydrogen-bond acceptors (Lipinski definition) is 3. The van der Waals surface area contributed by atoms with Crippen molar-refractivity contribution in [1.29, 1.82) is 0 Å². The van der Waals surface area contributed by atoms with Crippen LogP contribution in [0.4, 0.5) is 0 Å². The minimum Gasteiger partial charge on any atom is -0.390 e. The van der Waals surface area contributed by atoms with E-state index in [0.29, 0.717) is 13.0 Å². The molecule has 0 fully saturated rings. The zero-order valence-electron chi connectivity index (χ0n) is 7.35. The second-order valence-corrected chi connectivity index (χ2v) is 2.43. The molecule has 3 N–H and O–H groups in total. The highest BCUT2D eigenvalue weighted by Crippen LogP contribution is 2.05. The smallest absolute Gasteiger partial charge is 0.0706 e. The number of hydrogen-bond donors (Lipinski definition) is 2. The van der Waals surface area contributed by atoms with Crippen LogP contribution in [-0.2, 0) is 4.84 Å². The van der Waals surface area contributed by atoms with Crippen LogP contribution in [0.3, 0.4) is 0 Å². The molecule has 0 atom stereocenters. The molecule has 64 valence electrons. The minimum absolute atomic E-state index is 0.406. The van der Waals surface area contributed by atoms with E-state index in [9.17, 15) is 0 Å². The normalized spacial score (nSPS) is 10.2. The quantitative estimate of drug-likeness (QED) is 0.590. The molecule has 0 bridgehead atoms. The summed E-state index contributed by atoms with van der Waals surface area (Å²) in [6, 6.07) is 0. The molecule has 0 aliphatic heterocycles. The Balaban J connectivity index is 0. The molecule has 0 aromatic rings. The lowest BCUT2D eigenvalue weighted by atomic mass is 10.1. The third-order valence-corrected chi connectivity index (χ3v) is 0.832. The fourth-order valence-corrected chi connectivity index (χ4v) is 0.309. The highest BCUT2D eigenvalue weighted by atomic mass is 16.6. The lowest BCUT2D eigenvalue weighted by Gasteiger charge is -2.14. The zero-order chi connectivity index (χ0) is 8.62. The Kier molecular flexibility index (Phi) is 8.77. The van der Waals surface area contributed by atoms with Gasteiger partial charge in [0.25, 0.3) is 0 Å². The van der Waals surface area contributed by atoms with Crippen LogP contribution in [-0.4, -0.2) is 17.3 Å². The Morgan fingerprint density at radius 3 is 1.90 bits per heavy atom. The van der Waals surface area contributed by atoms with Crippen molar-refractivity contribution in [2.75, 3.05) is 6.61 Å². The van der Waals surface area contributed by atoms with E-state index in [4.69, 9.17) is 11.0 Å².